The Kier molecular flexibility index (Phi) is 3.59. The fourth-order valence-electron chi connectivity index (χ4n) is 3.61. The highest BCUT2D eigenvalue weighted by Crippen LogP contribution is 2.49. The van der Waals surface area contributed by atoms with E-state index < -0.39 is 9.84 Å². The van der Waals surface area contributed by atoms with E-state index in [2.05, 4.69) is 0 Å². The molecule has 0 aliphatic heterocycles. The van der Waals surface area contributed by atoms with Crippen molar-refractivity contribution in [1.82, 2.24) is 0 Å². The van der Waals surface area contributed by atoms with Crippen molar-refractivity contribution in [3.8, 4) is 0 Å². The van der Waals surface area contributed by atoms with Crippen molar-refractivity contribution in [3.63, 3.8) is 0 Å². The Morgan fingerprint density at radius 1 is 1.31 bits per heavy atom. The third-order valence-electron chi connectivity index (χ3n) is 4.40. The zero-order chi connectivity index (χ0) is 11.8. The Morgan fingerprint density at radius 2 is 2.06 bits per heavy atom. The molecular formula is C12H23NO2S. The molecule has 2 aliphatic carbocycles. The van der Waals surface area contributed by atoms with E-state index in [9.17, 15) is 8.42 Å². The molecule has 0 radical (unpaired) electrons. The van der Waals surface area contributed by atoms with E-state index in [0.717, 1.165) is 24.7 Å². The van der Waals surface area contributed by atoms with Crippen LogP contribution in [-0.2, 0) is 9.84 Å². The van der Waals surface area contributed by atoms with Crippen molar-refractivity contribution in [2.24, 2.45) is 23.5 Å². The lowest BCUT2D eigenvalue weighted by molar-refractivity contribution is 0.272. The maximum atomic E-state index is 11.0. The molecule has 2 rings (SSSR count). The molecule has 4 heteroatoms. The van der Waals surface area contributed by atoms with Crippen LogP contribution in [0.4, 0.5) is 0 Å². The molecule has 2 aliphatic rings. The summed E-state index contributed by atoms with van der Waals surface area (Å²) in [7, 11) is -2.81. The van der Waals surface area contributed by atoms with E-state index in [1.165, 1.54) is 31.9 Å². The number of rotatable bonds is 5. The first-order valence-electron chi connectivity index (χ1n) is 6.39. The quantitative estimate of drug-likeness (QED) is 0.800. The molecular weight excluding hydrogens is 222 g/mol. The Bertz CT molecular complexity index is 339. The highest BCUT2D eigenvalue weighted by atomic mass is 32.2. The molecule has 4 atom stereocenters. The number of sulfone groups is 1. The van der Waals surface area contributed by atoms with Gasteiger partial charge < -0.3 is 5.73 Å². The minimum absolute atomic E-state index is 0.233. The standard InChI is InChI=1S/C12H23NO2S/c1-16(14,15)6-2-3-12(13)11-8-9-4-5-10(11)7-9/h9-12H,2-8,13H2,1H3. The van der Waals surface area contributed by atoms with Gasteiger partial charge in [0.1, 0.15) is 9.84 Å². The van der Waals surface area contributed by atoms with Gasteiger partial charge in [-0.3, -0.25) is 0 Å². The molecule has 16 heavy (non-hydrogen) atoms. The largest absolute Gasteiger partial charge is 0.327 e. The maximum absolute atomic E-state index is 11.0. The van der Waals surface area contributed by atoms with Crippen molar-refractivity contribution >= 4 is 9.84 Å². The fraction of sp³-hybridized carbons (Fsp3) is 1.00. The normalized spacial score (nSPS) is 35.5. The number of hydrogen-bond donors (Lipinski definition) is 1. The minimum atomic E-state index is -2.81. The van der Waals surface area contributed by atoms with E-state index >= 15 is 0 Å². The Morgan fingerprint density at radius 3 is 2.56 bits per heavy atom. The van der Waals surface area contributed by atoms with Gasteiger partial charge in [-0.15, -0.1) is 0 Å². The van der Waals surface area contributed by atoms with Crippen LogP contribution in [0.2, 0.25) is 0 Å². The smallest absolute Gasteiger partial charge is 0.147 e. The van der Waals surface area contributed by atoms with Gasteiger partial charge in [0.2, 0.25) is 0 Å². The van der Waals surface area contributed by atoms with E-state index in [-0.39, 0.29) is 6.04 Å². The average Bonchev–Trinajstić information content (AvgIpc) is 2.76. The average molecular weight is 245 g/mol. The lowest BCUT2D eigenvalue weighted by Crippen LogP contribution is -2.33. The summed E-state index contributed by atoms with van der Waals surface area (Å²) in [6.07, 6.45) is 8.34. The monoisotopic (exact) mass is 245 g/mol. The van der Waals surface area contributed by atoms with Gasteiger partial charge in [-0.1, -0.05) is 6.42 Å². The van der Waals surface area contributed by atoms with E-state index in [4.69, 9.17) is 5.73 Å². The Hall–Kier alpha value is -0.0900. The van der Waals surface area contributed by atoms with Crippen LogP contribution in [0.5, 0.6) is 0 Å². The summed E-state index contributed by atoms with van der Waals surface area (Å²) in [5.74, 6) is 2.74. The second kappa shape index (κ2) is 4.65. The molecule has 0 saturated heterocycles. The summed E-state index contributed by atoms with van der Waals surface area (Å²) >= 11 is 0. The molecule has 4 unspecified atom stereocenters. The van der Waals surface area contributed by atoms with E-state index in [1.807, 2.05) is 0 Å². The van der Waals surface area contributed by atoms with Crippen molar-refractivity contribution in [3.05, 3.63) is 0 Å². The molecule has 0 aromatic rings. The predicted octanol–water partition coefficient (Wildman–Crippen LogP) is 1.57. The van der Waals surface area contributed by atoms with Crippen LogP contribution >= 0.6 is 0 Å². The summed E-state index contributed by atoms with van der Waals surface area (Å²) in [6.45, 7) is 0. The first-order chi connectivity index (χ1) is 7.46. The van der Waals surface area contributed by atoms with Gasteiger partial charge in [0.15, 0.2) is 0 Å². The SMILES string of the molecule is CS(=O)(=O)CCCC(N)C1CC2CCC1C2. The molecule has 0 heterocycles. The maximum Gasteiger partial charge on any atom is 0.147 e. The van der Waals surface area contributed by atoms with E-state index in [0.29, 0.717) is 11.7 Å². The molecule has 3 nitrogen and oxygen atoms in total. The van der Waals surface area contributed by atoms with Crippen LogP contribution in [0, 0.1) is 17.8 Å². The van der Waals surface area contributed by atoms with Crippen LogP contribution in [0.25, 0.3) is 0 Å². The van der Waals surface area contributed by atoms with Crippen LogP contribution in [-0.4, -0.2) is 26.5 Å². The summed E-state index contributed by atoms with van der Waals surface area (Å²) in [6, 6.07) is 0.233. The number of fused-ring (bicyclic) bond motifs is 2. The molecule has 2 saturated carbocycles. The lowest BCUT2D eigenvalue weighted by atomic mass is 9.82. The molecule has 0 amide bonds. The topological polar surface area (TPSA) is 60.2 Å². The highest BCUT2D eigenvalue weighted by Gasteiger charge is 2.41. The van der Waals surface area contributed by atoms with Gasteiger partial charge in [0.05, 0.1) is 0 Å². The third-order valence-corrected chi connectivity index (χ3v) is 5.43. The molecule has 0 spiro atoms. The summed E-state index contributed by atoms with van der Waals surface area (Å²) < 4.78 is 22.0. The first-order valence-corrected chi connectivity index (χ1v) is 8.45. The van der Waals surface area contributed by atoms with Crippen LogP contribution < -0.4 is 5.73 Å². The summed E-state index contributed by atoms with van der Waals surface area (Å²) in [5, 5.41) is 0. The van der Waals surface area contributed by atoms with Gasteiger partial charge in [0.25, 0.3) is 0 Å². The van der Waals surface area contributed by atoms with Gasteiger partial charge >= 0.3 is 0 Å². The Balaban J connectivity index is 1.74. The summed E-state index contributed by atoms with van der Waals surface area (Å²) in [4.78, 5) is 0. The number of nitrogens with two attached hydrogens (primary N) is 1. The van der Waals surface area contributed by atoms with Crippen LogP contribution in [0.15, 0.2) is 0 Å². The third kappa shape index (κ3) is 2.98. The lowest BCUT2D eigenvalue weighted by Gasteiger charge is -2.27. The molecule has 2 fully saturated rings. The zero-order valence-electron chi connectivity index (χ0n) is 10.1. The van der Waals surface area contributed by atoms with Crippen molar-refractivity contribution < 1.29 is 8.42 Å². The second-order valence-corrected chi connectivity index (χ2v) is 8.03. The zero-order valence-corrected chi connectivity index (χ0v) is 10.9. The first kappa shape index (κ1) is 12.4. The van der Waals surface area contributed by atoms with Gasteiger partial charge in [-0.2, -0.15) is 0 Å². The number of hydrogen-bond acceptors (Lipinski definition) is 3. The van der Waals surface area contributed by atoms with Gasteiger partial charge in [0, 0.05) is 18.1 Å². The van der Waals surface area contributed by atoms with Crippen molar-refractivity contribution in [2.75, 3.05) is 12.0 Å². The highest BCUT2D eigenvalue weighted by molar-refractivity contribution is 7.90. The molecule has 2 bridgehead atoms. The van der Waals surface area contributed by atoms with Crippen molar-refractivity contribution in [1.29, 1.82) is 0 Å². The van der Waals surface area contributed by atoms with E-state index in [1.54, 1.807) is 0 Å². The van der Waals surface area contributed by atoms with Crippen molar-refractivity contribution in [2.45, 2.75) is 44.6 Å². The fourth-order valence-corrected chi connectivity index (χ4v) is 4.30. The Labute approximate surface area is 98.7 Å². The minimum Gasteiger partial charge on any atom is -0.327 e. The summed E-state index contributed by atoms with van der Waals surface area (Å²) in [5.41, 5.74) is 6.20. The molecule has 0 aromatic carbocycles. The molecule has 2 N–H and O–H groups in total. The van der Waals surface area contributed by atoms with Gasteiger partial charge in [-0.25, -0.2) is 8.42 Å². The van der Waals surface area contributed by atoms with Gasteiger partial charge in [-0.05, 0) is 49.9 Å². The van der Waals surface area contributed by atoms with Crippen LogP contribution in [0.3, 0.4) is 0 Å². The second-order valence-electron chi connectivity index (χ2n) is 5.77. The predicted molar refractivity (Wildman–Crippen MR) is 65.9 cm³/mol. The van der Waals surface area contributed by atoms with Crippen LogP contribution in [0.1, 0.15) is 38.5 Å². The molecule has 0 aromatic heterocycles. The molecule has 94 valence electrons.